The van der Waals surface area contributed by atoms with E-state index in [2.05, 4.69) is 209 Å². The zero-order chi connectivity index (χ0) is 31.9. The van der Waals surface area contributed by atoms with Crippen molar-refractivity contribution in [2.45, 2.75) is 0 Å². The molecule has 0 spiro atoms. The van der Waals surface area contributed by atoms with Crippen LogP contribution in [-0.2, 0) is 0 Å². The predicted molar refractivity (Wildman–Crippen MR) is 194 cm³/mol. The van der Waals surface area contributed by atoms with Gasteiger partial charge in [-0.15, -0.1) is 0 Å². The van der Waals surface area contributed by atoms with E-state index >= 15 is 0 Å². The Morgan fingerprint density at radius 1 is 0.229 bits per heavy atom. The van der Waals surface area contributed by atoms with Crippen LogP contribution in [0.15, 0.2) is 195 Å². The molecule has 48 heavy (non-hydrogen) atoms. The Bertz CT molecular complexity index is 2560. The van der Waals surface area contributed by atoms with Gasteiger partial charge in [0.1, 0.15) is 0 Å². The van der Waals surface area contributed by atoms with E-state index in [0.717, 1.165) is 17.1 Å². The van der Waals surface area contributed by atoms with E-state index in [9.17, 15) is 0 Å². The number of hydrogen-bond acceptors (Lipinski definition) is 0. The number of fused-ring (bicyclic) bond motifs is 6. The highest BCUT2D eigenvalue weighted by molar-refractivity contribution is 6.25. The Hall–Kier alpha value is -6.45. The lowest BCUT2D eigenvalue weighted by Gasteiger charge is -2.12. The van der Waals surface area contributed by atoms with Crippen LogP contribution in [0.2, 0.25) is 0 Å². The minimum absolute atomic E-state index is 1.08. The summed E-state index contributed by atoms with van der Waals surface area (Å²) in [6.07, 6.45) is 6.42. The van der Waals surface area contributed by atoms with Gasteiger partial charge in [-0.25, -0.2) is 0 Å². The van der Waals surface area contributed by atoms with Crippen LogP contribution in [0.4, 0.5) is 0 Å². The van der Waals surface area contributed by atoms with Crippen LogP contribution in [0, 0.1) is 0 Å². The lowest BCUT2D eigenvalue weighted by molar-refractivity contribution is -0.858. The predicted octanol–water partition coefficient (Wildman–Crippen LogP) is 9.31. The van der Waals surface area contributed by atoms with E-state index in [1.54, 1.807) is 0 Å². The molecule has 224 valence electrons. The first-order valence-electron chi connectivity index (χ1n) is 16.3. The van der Waals surface area contributed by atoms with Crippen molar-refractivity contribution in [2.24, 2.45) is 0 Å². The fraction of sp³-hybridized carbons (Fsp3) is 0. The first-order chi connectivity index (χ1) is 23.8. The van der Waals surface area contributed by atoms with Gasteiger partial charge in [0.15, 0.2) is 0 Å². The molecule has 0 aliphatic carbocycles. The molecule has 0 aliphatic heterocycles. The molecule has 8 aromatic carbocycles. The summed E-state index contributed by atoms with van der Waals surface area (Å²) in [5, 5.41) is 7.72. The van der Waals surface area contributed by atoms with Gasteiger partial charge >= 0.3 is 19.0 Å². The summed E-state index contributed by atoms with van der Waals surface area (Å²) < 4.78 is 6.55. The standard InChI is InChI=1S/C45H32N3/c1-3-12-33(13-4-1)34-22-25-38(26-23-34)47-30-46(37-15-5-2-6-16-37)31-48(32-47)39-17-11-14-35(28-39)36-24-27-44-42-20-8-7-18-40(42)41-19-9-10-21-43(41)45(44)29-36/h1-32H/q+3. The second-order valence-corrected chi connectivity index (χ2v) is 12.2. The van der Waals surface area contributed by atoms with Crippen molar-refractivity contribution in [1.29, 1.82) is 0 Å². The summed E-state index contributed by atoms with van der Waals surface area (Å²) in [6, 6.07) is 62.9. The van der Waals surface area contributed by atoms with Gasteiger partial charge in [0.25, 0.3) is 0 Å². The lowest BCUT2D eigenvalue weighted by Crippen LogP contribution is -2.55. The summed E-state index contributed by atoms with van der Waals surface area (Å²) in [5.74, 6) is 0. The number of para-hydroxylation sites is 1. The van der Waals surface area contributed by atoms with Gasteiger partial charge in [-0.2, -0.15) is 0 Å². The summed E-state index contributed by atoms with van der Waals surface area (Å²) >= 11 is 0. The maximum atomic E-state index is 2.36. The molecule has 0 amide bonds. The molecule has 0 bridgehead atoms. The first kappa shape index (κ1) is 27.8. The molecule has 0 unspecified atom stereocenters. The zero-order valence-electron chi connectivity index (χ0n) is 26.3. The van der Waals surface area contributed by atoms with Crippen LogP contribution in [0.25, 0.3) is 71.6 Å². The van der Waals surface area contributed by atoms with E-state index in [1.807, 2.05) is 0 Å². The van der Waals surface area contributed by atoms with Crippen molar-refractivity contribution >= 4 is 32.3 Å². The molecule has 0 radical (unpaired) electrons. The smallest absolute Gasteiger partial charge is 0.0622 e. The summed E-state index contributed by atoms with van der Waals surface area (Å²) in [7, 11) is 0. The topological polar surface area (TPSA) is 11.6 Å². The van der Waals surface area contributed by atoms with Gasteiger partial charge in [-0.1, -0.05) is 135 Å². The molecule has 1 heterocycles. The lowest BCUT2D eigenvalue weighted by atomic mass is 9.92. The fourth-order valence-corrected chi connectivity index (χ4v) is 6.88. The van der Waals surface area contributed by atoms with E-state index < -0.39 is 0 Å². The van der Waals surface area contributed by atoms with E-state index in [0.29, 0.717) is 0 Å². The molecule has 1 aromatic heterocycles. The molecule has 3 heteroatoms. The number of nitrogens with zero attached hydrogens (tertiary/aromatic N) is 3. The molecule has 0 fully saturated rings. The monoisotopic (exact) mass is 614 g/mol. The highest BCUT2D eigenvalue weighted by Crippen LogP contribution is 2.37. The second-order valence-electron chi connectivity index (χ2n) is 12.2. The first-order valence-corrected chi connectivity index (χ1v) is 16.3. The molecule has 0 aliphatic rings. The Kier molecular flexibility index (Phi) is 6.80. The molecule has 0 saturated heterocycles. The van der Waals surface area contributed by atoms with Gasteiger partial charge in [0.2, 0.25) is 17.1 Å². The van der Waals surface area contributed by atoms with Crippen molar-refractivity contribution in [3.8, 4) is 39.3 Å². The fourth-order valence-electron chi connectivity index (χ4n) is 6.88. The number of hydrogen-bond donors (Lipinski definition) is 0. The number of benzene rings is 8. The van der Waals surface area contributed by atoms with Gasteiger partial charge < -0.3 is 0 Å². The van der Waals surface area contributed by atoms with Crippen molar-refractivity contribution in [3.63, 3.8) is 0 Å². The Morgan fingerprint density at radius 2 is 0.625 bits per heavy atom. The quantitative estimate of drug-likeness (QED) is 0.135. The summed E-state index contributed by atoms with van der Waals surface area (Å²) in [4.78, 5) is 0. The van der Waals surface area contributed by atoms with Crippen molar-refractivity contribution in [2.75, 3.05) is 0 Å². The molecule has 9 rings (SSSR count). The van der Waals surface area contributed by atoms with Crippen molar-refractivity contribution in [1.82, 2.24) is 0 Å². The van der Waals surface area contributed by atoms with Crippen LogP contribution >= 0.6 is 0 Å². The van der Waals surface area contributed by atoms with Crippen molar-refractivity contribution < 1.29 is 13.7 Å². The summed E-state index contributed by atoms with van der Waals surface area (Å²) in [5.41, 5.74) is 8.03. The highest BCUT2D eigenvalue weighted by atomic mass is 15.2. The largest absolute Gasteiger partial charge is 0.428 e. The van der Waals surface area contributed by atoms with Crippen LogP contribution in [0.1, 0.15) is 0 Å². The van der Waals surface area contributed by atoms with Gasteiger partial charge in [0.05, 0.1) is 0 Å². The van der Waals surface area contributed by atoms with Crippen LogP contribution in [0.3, 0.4) is 0 Å². The van der Waals surface area contributed by atoms with Crippen LogP contribution in [-0.4, -0.2) is 0 Å². The number of rotatable bonds is 5. The third kappa shape index (κ3) is 4.99. The minimum Gasteiger partial charge on any atom is -0.0622 e. The Morgan fingerprint density at radius 3 is 1.25 bits per heavy atom. The van der Waals surface area contributed by atoms with Crippen molar-refractivity contribution in [3.05, 3.63) is 195 Å². The molecule has 0 atom stereocenters. The number of aromatic nitrogens is 3. The maximum absolute atomic E-state index is 2.36. The molecular weight excluding hydrogens is 583 g/mol. The average Bonchev–Trinajstić information content (AvgIpc) is 3.18. The van der Waals surface area contributed by atoms with E-state index in [4.69, 9.17) is 0 Å². The highest BCUT2D eigenvalue weighted by Gasteiger charge is 2.25. The summed E-state index contributed by atoms with van der Waals surface area (Å²) in [6.45, 7) is 0. The third-order valence-electron chi connectivity index (χ3n) is 9.30. The van der Waals surface area contributed by atoms with Crippen LogP contribution in [0.5, 0.6) is 0 Å². The van der Waals surface area contributed by atoms with E-state index in [-0.39, 0.29) is 0 Å². The van der Waals surface area contributed by atoms with Crippen LogP contribution < -0.4 is 13.7 Å². The normalized spacial score (nSPS) is 11.3. The van der Waals surface area contributed by atoms with Gasteiger partial charge in [-0.3, -0.25) is 0 Å². The zero-order valence-corrected chi connectivity index (χ0v) is 26.3. The maximum Gasteiger partial charge on any atom is 0.428 e. The molecule has 0 saturated carbocycles. The second kappa shape index (κ2) is 11.7. The SMILES string of the molecule is c1ccc(-c2ccc(-[n+]3c[n+](-c4ccccc4)c[n+](-c4cccc(-c5ccc6c7ccccc7c7ccccc7c6c5)c4)c3)cc2)cc1. The average molecular weight is 615 g/mol. The minimum atomic E-state index is 1.08. The Labute approximate surface area is 279 Å². The third-order valence-corrected chi connectivity index (χ3v) is 9.30. The molecular formula is C45H32N3+3. The molecule has 3 nitrogen and oxygen atoms in total. The Balaban J connectivity index is 1.16. The molecule has 0 N–H and O–H groups in total. The molecule has 9 aromatic rings. The van der Waals surface area contributed by atoms with E-state index in [1.165, 1.54) is 54.6 Å². The van der Waals surface area contributed by atoms with Gasteiger partial charge in [0, 0.05) is 36.4 Å². The van der Waals surface area contributed by atoms with Gasteiger partial charge in [-0.05, 0) is 72.8 Å².